The van der Waals surface area contributed by atoms with Gasteiger partial charge in [0.2, 0.25) is 0 Å². The highest BCUT2D eigenvalue weighted by Crippen LogP contribution is 2.61. The lowest BCUT2D eigenvalue weighted by molar-refractivity contribution is 0.471. The van der Waals surface area contributed by atoms with Gasteiger partial charge in [0.1, 0.15) is 0 Å². The zero-order chi connectivity index (χ0) is 37.6. The monoisotopic (exact) mass is 712 g/mol. The molecule has 4 aliphatic rings. The van der Waals surface area contributed by atoms with E-state index >= 15 is 0 Å². The van der Waals surface area contributed by atoms with Crippen LogP contribution in [0.1, 0.15) is 80.5 Å². The number of hydrogen-bond donors (Lipinski definition) is 0. The van der Waals surface area contributed by atoms with Crippen LogP contribution in [-0.2, 0) is 16.2 Å². The minimum atomic E-state index is -0.286. The Labute approximate surface area is 324 Å². The number of fused-ring (bicyclic) bond motifs is 10. The first-order chi connectivity index (χ1) is 26.5. The smallest absolute Gasteiger partial charge is 0.151 e. The fourth-order valence-electron chi connectivity index (χ4n) is 10.4. The summed E-state index contributed by atoms with van der Waals surface area (Å²) in [6.45, 7) is 16.4. The third-order valence-corrected chi connectivity index (χ3v) is 13.3. The van der Waals surface area contributed by atoms with Crippen LogP contribution in [0.15, 0.2) is 140 Å². The van der Waals surface area contributed by atoms with E-state index in [1.54, 1.807) is 0 Å². The van der Waals surface area contributed by atoms with E-state index in [0.29, 0.717) is 0 Å². The standard InChI is InChI=1S/C52H44N2O/c1-31-14-12-20-46-48(31)54-45-27-24-34(30-44(45)52(6,7)41-19-13-21-47(55-46)49(41)54)53(32-22-25-37-35-15-8-10-17-39(35)50(2,3)42(37)28-32)33-23-26-38-36-16-9-11-18-40(36)51(4,5)43(38)29-33/h8-30H,1-7H3. The van der Waals surface area contributed by atoms with Crippen molar-refractivity contribution < 1.29 is 4.74 Å². The third kappa shape index (κ3) is 4.21. The molecule has 55 heavy (non-hydrogen) atoms. The van der Waals surface area contributed by atoms with Crippen LogP contribution in [0.4, 0.5) is 34.1 Å². The first-order valence-electron chi connectivity index (χ1n) is 19.6. The van der Waals surface area contributed by atoms with Crippen LogP contribution in [0.25, 0.3) is 22.3 Å². The number of anilines is 6. The molecule has 7 aromatic carbocycles. The molecule has 0 fully saturated rings. The number of benzene rings is 7. The van der Waals surface area contributed by atoms with Gasteiger partial charge in [-0.05, 0) is 123 Å². The van der Waals surface area contributed by atoms with Gasteiger partial charge in [-0.1, -0.05) is 126 Å². The lowest BCUT2D eigenvalue weighted by Gasteiger charge is -2.45. The minimum Gasteiger partial charge on any atom is -0.453 e. The van der Waals surface area contributed by atoms with Crippen LogP contribution in [0.5, 0.6) is 11.5 Å². The van der Waals surface area contributed by atoms with Crippen LogP contribution in [-0.4, -0.2) is 0 Å². The fourth-order valence-corrected chi connectivity index (χ4v) is 10.4. The predicted molar refractivity (Wildman–Crippen MR) is 228 cm³/mol. The lowest BCUT2D eigenvalue weighted by Crippen LogP contribution is -2.33. The maximum Gasteiger partial charge on any atom is 0.151 e. The van der Waals surface area contributed by atoms with Crippen LogP contribution in [0, 0.1) is 6.92 Å². The molecule has 0 atom stereocenters. The molecule has 0 bridgehead atoms. The largest absolute Gasteiger partial charge is 0.453 e. The van der Waals surface area contributed by atoms with E-state index in [1.807, 2.05) is 0 Å². The molecular formula is C52H44N2O. The van der Waals surface area contributed by atoms with Crippen molar-refractivity contribution in [3.8, 4) is 33.8 Å². The van der Waals surface area contributed by atoms with Crippen molar-refractivity contribution in [2.75, 3.05) is 9.80 Å². The second-order valence-electron chi connectivity index (χ2n) is 17.5. The summed E-state index contributed by atoms with van der Waals surface area (Å²) in [5.74, 6) is 1.80. The van der Waals surface area contributed by atoms with E-state index in [1.165, 1.54) is 66.9 Å². The van der Waals surface area contributed by atoms with Crippen molar-refractivity contribution in [1.29, 1.82) is 0 Å². The number of ether oxygens (including phenoxy) is 1. The van der Waals surface area contributed by atoms with Gasteiger partial charge in [-0.3, -0.25) is 0 Å². The average molecular weight is 713 g/mol. The maximum atomic E-state index is 6.59. The highest BCUT2D eigenvalue weighted by atomic mass is 16.5. The summed E-state index contributed by atoms with van der Waals surface area (Å²) in [5.41, 5.74) is 21.0. The van der Waals surface area contributed by atoms with E-state index in [0.717, 1.165) is 39.9 Å². The third-order valence-electron chi connectivity index (χ3n) is 13.3. The van der Waals surface area contributed by atoms with E-state index in [2.05, 4.69) is 198 Å². The van der Waals surface area contributed by atoms with Gasteiger partial charge in [0.15, 0.2) is 11.5 Å². The van der Waals surface area contributed by atoms with E-state index in [-0.39, 0.29) is 16.2 Å². The summed E-state index contributed by atoms with van der Waals surface area (Å²) in [7, 11) is 0. The number of hydrogen-bond acceptors (Lipinski definition) is 3. The zero-order valence-corrected chi connectivity index (χ0v) is 32.6. The predicted octanol–water partition coefficient (Wildman–Crippen LogP) is 14.3. The molecule has 0 unspecified atom stereocenters. The Morgan fingerprint density at radius 2 is 0.873 bits per heavy atom. The van der Waals surface area contributed by atoms with Gasteiger partial charge in [-0.15, -0.1) is 0 Å². The minimum absolute atomic E-state index is 0.115. The molecule has 7 aromatic rings. The van der Waals surface area contributed by atoms with Gasteiger partial charge in [-0.2, -0.15) is 0 Å². The Kier molecular flexibility index (Phi) is 6.35. The molecule has 0 radical (unpaired) electrons. The Bertz CT molecular complexity index is 2700. The number of aryl methyl sites for hydroxylation is 1. The molecule has 0 saturated heterocycles. The quantitative estimate of drug-likeness (QED) is 0.181. The molecular weight excluding hydrogens is 669 g/mol. The SMILES string of the molecule is Cc1cccc2c1N1c3ccc(N(c4ccc5c(c4)C(C)(C)c4ccccc4-5)c4ccc5c(c4)C(C)(C)c4ccccc4-5)cc3C(C)(C)c3cccc(c31)O2. The van der Waals surface area contributed by atoms with Crippen molar-refractivity contribution in [3.63, 3.8) is 0 Å². The van der Waals surface area contributed by atoms with Crippen molar-refractivity contribution in [3.05, 3.63) is 178 Å². The van der Waals surface area contributed by atoms with E-state index in [4.69, 9.17) is 4.74 Å². The van der Waals surface area contributed by atoms with Gasteiger partial charge in [0, 0.05) is 33.3 Å². The summed E-state index contributed by atoms with van der Waals surface area (Å²) in [6.07, 6.45) is 0. The molecule has 2 aliphatic heterocycles. The first-order valence-corrected chi connectivity index (χ1v) is 19.6. The topological polar surface area (TPSA) is 15.7 Å². The molecule has 0 amide bonds. The molecule has 3 nitrogen and oxygen atoms in total. The number of nitrogens with zero attached hydrogens (tertiary/aromatic N) is 2. The van der Waals surface area contributed by atoms with Gasteiger partial charge in [0.25, 0.3) is 0 Å². The molecule has 0 spiro atoms. The molecule has 2 aliphatic carbocycles. The van der Waals surface area contributed by atoms with Gasteiger partial charge in [0.05, 0.1) is 17.1 Å². The molecule has 268 valence electrons. The Hall–Kier alpha value is -6.06. The van der Waals surface area contributed by atoms with Crippen LogP contribution in [0.3, 0.4) is 0 Å². The number of para-hydroxylation sites is 2. The van der Waals surface area contributed by atoms with E-state index < -0.39 is 0 Å². The molecule has 3 heteroatoms. The van der Waals surface area contributed by atoms with Crippen LogP contribution < -0.4 is 14.5 Å². The number of rotatable bonds is 3. The normalized spacial score (nSPS) is 16.5. The Morgan fingerprint density at radius 1 is 0.418 bits per heavy atom. The Balaban J connectivity index is 1.14. The molecule has 0 N–H and O–H groups in total. The summed E-state index contributed by atoms with van der Waals surface area (Å²) < 4.78 is 6.59. The van der Waals surface area contributed by atoms with Crippen molar-refractivity contribution in [1.82, 2.24) is 0 Å². The fraction of sp³-hybridized carbons (Fsp3) is 0.192. The van der Waals surface area contributed by atoms with Crippen molar-refractivity contribution in [2.24, 2.45) is 0 Å². The lowest BCUT2D eigenvalue weighted by atomic mass is 9.73. The summed E-state index contributed by atoms with van der Waals surface area (Å²) >= 11 is 0. The highest BCUT2D eigenvalue weighted by Gasteiger charge is 2.43. The van der Waals surface area contributed by atoms with Gasteiger partial charge >= 0.3 is 0 Å². The summed E-state index contributed by atoms with van der Waals surface area (Å²) in [5, 5.41) is 0. The maximum absolute atomic E-state index is 6.59. The van der Waals surface area contributed by atoms with Gasteiger partial charge in [-0.25, -0.2) is 0 Å². The van der Waals surface area contributed by atoms with E-state index in [9.17, 15) is 0 Å². The van der Waals surface area contributed by atoms with Gasteiger partial charge < -0.3 is 14.5 Å². The molecule has 0 aromatic heterocycles. The van der Waals surface area contributed by atoms with Crippen LogP contribution >= 0.6 is 0 Å². The summed E-state index contributed by atoms with van der Waals surface area (Å²) in [4.78, 5) is 4.96. The average Bonchev–Trinajstić information content (AvgIpc) is 3.56. The zero-order valence-electron chi connectivity index (χ0n) is 32.6. The highest BCUT2D eigenvalue weighted by molar-refractivity contribution is 5.96. The van der Waals surface area contributed by atoms with Crippen LogP contribution in [0.2, 0.25) is 0 Å². The van der Waals surface area contributed by atoms with Crippen molar-refractivity contribution in [2.45, 2.75) is 64.7 Å². The second-order valence-corrected chi connectivity index (χ2v) is 17.5. The molecule has 11 rings (SSSR count). The Morgan fingerprint density at radius 3 is 1.47 bits per heavy atom. The second kappa shape index (κ2) is 10.8. The molecule has 0 saturated carbocycles. The first kappa shape index (κ1) is 32.4. The summed E-state index contributed by atoms with van der Waals surface area (Å²) in [6, 6.07) is 52.2. The molecule has 2 heterocycles. The van der Waals surface area contributed by atoms with Crippen molar-refractivity contribution >= 4 is 34.1 Å².